The van der Waals surface area contributed by atoms with E-state index in [1.165, 1.54) is 25.7 Å². The number of carbonyl (C=O) groups excluding carboxylic acids is 1. The molecule has 0 spiro atoms. The van der Waals surface area contributed by atoms with Gasteiger partial charge in [-0.15, -0.1) is 0 Å². The van der Waals surface area contributed by atoms with Crippen LogP contribution in [0.25, 0.3) is 0 Å². The van der Waals surface area contributed by atoms with Gasteiger partial charge >= 0.3 is 0 Å². The molecule has 3 heteroatoms. The van der Waals surface area contributed by atoms with Gasteiger partial charge in [0.15, 0.2) is 0 Å². The van der Waals surface area contributed by atoms with Gasteiger partial charge in [0, 0.05) is 6.54 Å². The number of amides is 1. The van der Waals surface area contributed by atoms with Crippen molar-refractivity contribution in [2.45, 2.75) is 58.4 Å². The molecule has 3 N–H and O–H groups in total. The summed E-state index contributed by atoms with van der Waals surface area (Å²) >= 11 is 0. The predicted molar refractivity (Wildman–Crippen MR) is 67.0 cm³/mol. The lowest BCUT2D eigenvalue weighted by atomic mass is 9.83. The topological polar surface area (TPSA) is 55.1 Å². The van der Waals surface area contributed by atoms with Gasteiger partial charge in [-0.3, -0.25) is 4.79 Å². The van der Waals surface area contributed by atoms with Gasteiger partial charge in [0.1, 0.15) is 0 Å². The van der Waals surface area contributed by atoms with Crippen LogP contribution >= 0.6 is 0 Å². The van der Waals surface area contributed by atoms with E-state index in [2.05, 4.69) is 19.2 Å². The molecule has 1 aliphatic carbocycles. The average Bonchev–Trinajstić information content (AvgIpc) is 2.28. The van der Waals surface area contributed by atoms with E-state index in [4.69, 9.17) is 5.73 Å². The van der Waals surface area contributed by atoms with Crippen LogP contribution in [-0.2, 0) is 4.79 Å². The first kappa shape index (κ1) is 13.5. The Labute approximate surface area is 99.2 Å². The van der Waals surface area contributed by atoms with E-state index in [0.717, 1.165) is 25.3 Å². The summed E-state index contributed by atoms with van der Waals surface area (Å²) in [5.74, 6) is 1.57. The molecule has 0 unspecified atom stereocenters. The number of carbonyl (C=O) groups is 1. The highest BCUT2D eigenvalue weighted by molar-refractivity contribution is 5.81. The minimum absolute atomic E-state index is 0.0282. The van der Waals surface area contributed by atoms with Gasteiger partial charge in [0.2, 0.25) is 5.91 Å². The van der Waals surface area contributed by atoms with E-state index in [1.807, 2.05) is 0 Å². The normalized spacial score (nSPS) is 27.4. The molecule has 94 valence electrons. The van der Waals surface area contributed by atoms with E-state index in [1.54, 1.807) is 0 Å². The van der Waals surface area contributed by atoms with Crippen molar-refractivity contribution in [1.82, 2.24) is 5.32 Å². The van der Waals surface area contributed by atoms with Crippen molar-refractivity contribution in [2.75, 3.05) is 6.54 Å². The fourth-order valence-electron chi connectivity index (χ4n) is 2.35. The maximum absolute atomic E-state index is 11.6. The van der Waals surface area contributed by atoms with E-state index in [0.29, 0.717) is 5.92 Å². The third kappa shape index (κ3) is 4.52. The molecule has 1 rings (SSSR count). The fourth-order valence-corrected chi connectivity index (χ4v) is 2.35. The maximum atomic E-state index is 11.6. The molecule has 0 aromatic carbocycles. The molecule has 0 saturated heterocycles. The Morgan fingerprint density at radius 3 is 2.56 bits per heavy atom. The Kier molecular flexibility index (Phi) is 5.81. The maximum Gasteiger partial charge on any atom is 0.236 e. The zero-order chi connectivity index (χ0) is 12.0. The first-order valence-corrected chi connectivity index (χ1v) is 6.66. The third-order valence-corrected chi connectivity index (χ3v) is 3.64. The second-order valence-corrected chi connectivity index (χ2v) is 5.27. The zero-order valence-electron chi connectivity index (χ0n) is 10.7. The summed E-state index contributed by atoms with van der Waals surface area (Å²) in [6.45, 7) is 5.19. The van der Waals surface area contributed by atoms with Gasteiger partial charge in [-0.1, -0.05) is 33.1 Å². The quantitative estimate of drug-likeness (QED) is 0.754. The molecule has 16 heavy (non-hydrogen) atoms. The molecule has 0 aromatic heterocycles. The minimum atomic E-state index is -0.312. The molecular formula is C13H26N2O. The van der Waals surface area contributed by atoms with Gasteiger partial charge < -0.3 is 11.1 Å². The molecular weight excluding hydrogens is 200 g/mol. The summed E-state index contributed by atoms with van der Waals surface area (Å²) < 4.78 is 0. The van der Waals surface area contributed by atoms with Gasteiger partial charge in [0.25, 0.3) is 0 Å². The molecule has 1 fully saturated rings. The van der Waals surface area contributed by atoms with Gasteiger partial charge in [-0.25, -0.2) is 0 Å². The summed E-state index contributed by atoms with van der Waals surface area (Å²) in [5.41, 5.74) is 5.75. The second kappa shape index (κ2) is 6.89. The van der Waals surface area contributed by atoms with Crippen molar-refractivity contribution >= 4 is 5.91 Å². The Morgan fingerprint density at radius 1 is 1.38 bits per heavy atom. The van der Waals surface area contributed by atoms with E-state index in [-0.39, 0.29) is 11.9 Å². The van der Waals surface area contributed by atoms with E-state index < -0.39 is 0 Å². The van der Waals surface area contributed by atoms with Crippen molar-refractivity contribution in [3.8, 4) is 0 Å². The van der Waals surface area contributed by atoms with E-state index in [9.17, 15) is 4.79 Å². The highest BCUT2D eigenvalue weighted by Crippen LogP contribution is 2.27. The molecule has 0 heterocycles. The molecule has 0 radical (unpaired) electrons. The lowest BCUT2D eigenvalue weighted by molar-refractivity contribution is -0.122. The highest BCUT2D eigenvalue weighted by Gasteiger charge is 2.19. The van der Waals surface area contributed by atoms with Crippen LogP contribution in [0.3, 0.4) is 0 Å². The molecule has 1 atom stereocenters. The van der Waals surface area contributed by atoms with Crippen molar-refractivity contribution in [2.24, 2.45) is 17.6 Å². The molecule has 0 bridgehead atoms. The van der Waals surface area contributed by atoms with Crippen molar-refractivity contribution in [3.63, 3.8) is 0 Å². The van der Waals surface area contributed by atoms with Crippen LogP contribution in [0.5, 0.6) is 0 Å². The Balaban J connectivity index is 2.16. The largest absolute Gasteiger partial charge is 0.354 e. The first-order chi connectivity index (χ1) is 7.63. The number of rotatable bonds is 5. The molecule has 0 aromatic rings. The molecule has 3 nitrogen and oxygen atoms in total. The van der Waals surface area contributed by atoms with Gasteiger partial charge in [0.05, 0.1) is 6.04 Å². The second-order valence-electron chi connectivity index (χ2n) is 5.27. The summed E-state index contributed by atoms with van der Waals surface area (Å²) in [6, 6.07) is -0.312. The third-order valence-electron chi connectivity index (χ3n) is 3.64. The smallest absolute Gasteiger partial charge is 0.236 e. The Morgan fingerprint density at radius 2 is 2.00 bits per heavy atom. The monoisotopic (exact) mass is 226 g/mol. The van der Waals surface area contributed by atoms with Crippen LogP contribution in [0.4, 0.5) is 0 Å². The summed E-state index contributed by atoms with van der Waals surface area (Å²) in [5, 5.41) is 2.99. The SMILES string of the molecule is CCC[C@@H](N)C(=O)NCC1CCC(C)CC1. The first-order valence-electron chi connectivity index (χ1n) is 6.66. The number of hydrogen-bond acceptors (Lipinski definition) is 2. The van der Waals surface area contributed by atoms with Gasteiger partial charge in [-0.05, 0) is 31.1 Å². The lowest BCUT2D eigenvalue weighted by Gasteiger charge is -2.26. The van der Waals surface area contributed by atoms with Crippen LogP contribution in [0, 0.1) is 11.8 Å². The van der Waals surface area contributed by atoms with E-state index >= 15 is 0 Å². The van der Waals surface area contributed by atoms with Gasteiger partial charge in [-0.2, -0.15) is 0 Å². The standard InChI is InChI=1S/C13H26N2O/c1-3-4-12(14)13(16)15-9-11-7-5-10(2)6-8-11/h10-12H,3-9,14H2,1-2H3,(H,15,16)/t10?,11?,12-/m1/s1. The number of hydrogen-bond donors (Lipinski definition) is 2. The van der Waals surface area contributed by atoms with Crippen LogP contribution in [0.15, 0.2) is 0 Å². The summed E-state index contributed by atoms with van der Waals surface area (Å²) in [6.07, 6.45) is 6.88. The molecule has 0 aliphatic heterocycles. The zero-order valence-corrected chi connectivity index (χ0v) is 10.7. The van der Waals surface area contributed by atoms with Crippen molar-refractivity contribution in [3.05, 3.63) is 0 Å². The van der Waals surface area contributed by atoms with Crippen LogP contribution < -0.4 is 11.1 Å². The number of nitrogens with two attached hydrogens (primary N) is 1. The molecule has 1 amide bonds. The molecule has 1 saturated carbocycles. The van der Waals surface area contributed by atoms with Crippen molar-refractivity contribution in [1.29, 1.82) is 0 Å². The Hall–Kier alpha value is -0.570. The minimum Gasteiger partial charge on any atom is -0.354 e. The fraction of sp³-hybridized carbons (Fsp3) is 0.923. The van der Waals surface area contributed by atoms with Crippen molar-refractivity contribution < 1.29 is 4.79 Å². The molecule has 1 aliphatic rings. The highest BCUT2D eigenvalue weighted by atomic mass is 16.2. The average molecular weight is 226 g/mol. The predicted octanol–water partition coefficient (Wildman–Crippen LogP) is 2.06. The lowest BCUT2D eigenvalue weighted by Crippen LogP contribution is -2.42. The van der Waals surface area contributed by atoms with Crippen LogP contribution in [0.1, 0.15) is 52.4 Å². The summed E-state index contributed by atoms with van der Waals surface area (Å²) in [4.78, 5) is 11.6. The van der Waals surface area contributed by atoms with Crippen LogP contribution in [0.2, 0.25) is 0 Å². The van der Waals surface area contributed by atoms with Crippen LogP contribution in [-0.4, -0.2) is 18.5 Å². The summed E-state index contributed by atoms with van der Waals surface area (Å²) in [7, 11) is 0. The Bertz CT molecular complexity index is 210. The number of nitrogens with one attached hydrogen (secondary N) is 1.